The van der Waals surface area contributed by atoms with Crippen molar-refractivity contribution in [1.82, 2.24) is 10.6 Å². The Morgan fingerprint density at radius 2 is 2.14 bits per heavy atom. The van der Waals surface area contributed by atoms with Crippen LogP contribution in [-0.2, 0) is 9.53 Å². The molecule has 0 atom stereocenters. The molecule has 1 aromatic carbocycles. The second kappa shape index (κ2) is 7.14. The Morgan fingerprint density at radius 1 is 1.33 bits per heavy atom. The van der Waals surface area contributed by atoms with Crippen molar-refractivity contribution in [2.75, 3.05) is 26.8 Å². The Morgan fingerprint density at radius 3 is 2.86 bits per heavy atom. The number of carbonyl (C=O) groups is 2. The summed E-state index contributed by atoms with van der Waals surface area (Å²) in [5.41, 5.74) is 0. The van der Waals surface area contributed by atoms with Gasteiger partial charge in [-0.05, 0) is 18.2 Å². The van der Waals surface area contributed by atoms with Gasteiger partial charge in [0.05, 0.1) is 18.0 Å². The smallest absolute Gasteiger partial charge is 0.261 e. The Balaban J connectivity index is 1.93. The summed E-state index contributed by atoms with van der Waals surface area (Å²) in [7, 11) is 1.54. The third kappa shape index (κ3) is 3.99. The number of thiophene rings is 1. The number of fused-ring (bicyclic) bond motifs is 1. The molecule has 0 aliphatic carbocycles. The van der Waals surface area contributed by atoms with Crippen LogP contribution in [0, 0.1) is 5.82 Å². The van der Waals surface area contributed by atoms with E-state index in [1.165, 1.54) is 30.6 Å². The van der Waals surface area contributed by atoms with Crippen molar-refractivity contribution in [2.24, 2.45) is 0 Å². The van der Waals surface area contributed by atoms with Gasteiger partial charge in [0, 0.05) is 23.7 Å². The fraction of sp³-hybridized carbons (Fsp3) is 0.286. The van der Waals surface area contributed by atoms with Crippen molar-refractivity contribution in [3.8, 4) is 0 Å². The van der Waals surface area contributed by atoms with Crippen molar-refractivity contribution in [2.45, 2.75) is 0 Å². The van der Waals surface area contributed by atoms with Gasteiger partial charge >= 0.3 is 0 Å². The molecule has 1 heterocycles. The third-order valence-electron chi connectivity index (χ3n) is 2.77. The summed E-state index contributed by atoms with van der Waals surface area (Å²) < 4.78 is 19.0. The zero-order chi connectivity index (χ0) is 15.2. The molecule has 0 bridgehead atoms. The van der Waals surface area contributed by atoms with Crippen molar-refractivity contribution >= 4 is 33.2 Å². The Labute approximate surface area is 125 Å². The van der Waals surface area contributed by atoms with Gasteiger partial charge in [-0.15, -0.1) is 11.3 Å². The molecule has 2 N–H and O–H groups in total. The summed E-state index contributed by atoms with van der Waals surface area (Å²) in [4.78, 5) is 23.7. The van der Waals surface area contributed by atoms with E-state index in [2.05, 4.69) is 10.6 Å². The third-order valence-corrected chi connectivity index (χ3v) is 3.87. The van der Waals surface area contributed by atoms with Gasteiger partial charge in [-0.2, -0.15) is 0 Å². The fourth-order valence-electron chi connectivity index (χ4n) is 1.74. The molecule has 2 amide bonds. The molecule has 2 rings (SSSR count). The lowest BCUT2D eigenvalue weighted by molar-refractivity contribution is -0.120. The standard InChI is InChI=1S/C14H15FN2O3S/c1-20-6-5-16-13(18)8-17-14(19)12-7-9-10(15)3-2-4-11(9)21-12/h2-4,7H,5-6,8H2,1H3,(H,16,18)(H,17,19). The minimum absolute atomic E-state index is 0.126. The second-order valence-electron chi connectivity index (χ2n) is 4.29. The lowest BCUT2D eigenvalue weighted by Crippen LogP contribution is -2.37. The first kappa shape index (κ1) is 15.4. The first-order valence-electron chi connectivity index (χ1n) is 6.33. The maximum atomic E-state index is 13.5. The molecule has 2 aromatic rings. The van der Waals surface area contributed by atoms with Gasteiger partial charge in [0.15, 0.2) is 0 Å². The number of nitrogens with one attached hydrogen (secondary N) is 2. The summed E-state index contributed by atoms with van der Waals surface area (Å²) in [6.45, 7) is 0.674. The van der Waals surface area contributed by atoms with Crippen LogP contribution in [0.5, 0.6) is 0 Å². The molecule has 7 heteroatoms. The molecule has 0 aliphatic rings. The van der Waals surface area contributed by atoms with E-state index in [1.807, 2.05) is 0 Å². The summed E-state index contributed by atoms with van der Waals surface area (Å²) in [6, 6.07) is 6.18. The molecule has 21 heavy (non-hydrogen) atoms. The minimum atomic E-state index is -0.391. The van der Waals surface area contributed by atoms with E-state index >= 15 is 0 Å². The number of rotatable bonds is 6. The van der Waals surface area contributed by atoms with Crippen LogP contribution in [-0.4, -0.2) is 38.6 Å². The van der Waals surface area contributed by atoms with Gasteiger partial charge in [0.2, 0.25) is 5.91 Å². The summed E-state index contributed by atoms with van der Waals surface area (Å²) in [6.07, 6.45) is 0. The Hall–Kier alpha value is -1.99. The summed E-state index contributed by atoms with van der Waals surface area (Å²) in [5, 5.41) is 5.51. The number of ether oxygens (including phenoxy) is 1. The lowest BCUT2D eigenvalue weighted by Gasteiger charge is -2.05. The minimum Gasteiger partial charge on any atom is -0.383 e. The van der Waals surface area contributed by atoms with E-state index in [0.717, 1.165) is 0 Å². The van der Waals surface area contributed by atoms with E-state index in [1.54, 1.807) is 12.1 Å². The maximum absolute atomic E-state index is 13.5. The first-order chi connectivity index (χ1) is 10.1. The molecular weight excluding hydrogens is 295 g/mol. The van der Waals surface area contributed by atoms with Crippen LogP contribution in [0.15, 0.2) is 24.3 Å². The van der Waals surface area contributed by atoms with Crippen LogP contribution in [0.1, 0.15) is 9.67 Å². The van der Waals surface area contributed by atoms with Crippen LogP contribution in [0.25, 0.3) is 10.1 Å². The van der Waals surface area contributed by atoms with Crippen LogP contribution in [0.4, 0.5) is 4.39 Å². The molecular formula is C14H15FN2O3S. The highest BCUT2D eigenvalue weighted by Crippen LogP contribution is 2.27. The van der Waals surface area contributed by atoms with Gasteiger partial charge in [-0.1, -0.05) is 6.07 Å². The molecule has 0 fully saturated rings. The lowest BCUT2D eigenvalue weighted by atomic mass is 10.2. The monoisotopic (exact) mass is 310 g/mol. The highest BCUT2D eigenvalue weighted by Gasteiger charge is 2.13. The predicted molar refractivity (Wildman–Crippen MR) is 79.0 cm³/mol. The largest absolute Gasteiger partial charge is 0.383 e. The molecule has 0 aliphatic heterocycles. The molecule has 0 saturated carbocycles. The Kier molecular flexibility index (Phi) is 5.24. The van der Waals surface area contributed by atoms with Crippen LogP contribution < -0.4 is 10.6 Å². The maximum Gasteiger partial charge on any atom is 0.261 e. The van der Waals surface area contributed by atoms with E-state index in [-0.39, 0.29) is 18.3 Å². The average molecular weight is 310 g/mol. The van der Waals surface area contributed by atoms with Gasteiger partial charge in [0.1, 0.15) is 5.82 Å². The number of amides is 2. The van der Waals surface area contributed by atoms with Crippen molar-refractivity contribution in [1.29, 1.82) is 0 Å². The molecule has 0 spiro atoms. The SMILES string of the molecule is COCCNC(=O)CNC(=O)c1cc2c(F)cccc2s1. The Bertz CT molecular complexity index is 657. The normalized spacial score (nSPS) is 10.6. The average Bonchev–Trinajstić information content (AvgIpc) is 2.91. The van der Waals surface area contributed by atoms with E-state index in [9.17, 15) is 14.0 Å². The number of benzene rings is 1. The molecule has 1 aromatic heterocycles. The predicted octanol–water partition coefficient (Wildman–Crippen LogP) is 1.53. The van der Waals surface area contributed by atoms with E-state index < -0.39 is 5.91 Å². The highest BCUT2D eigenvalue weighted by atomic mass is 32.1. The first-order valence-corrected chi connectivity index (χ1v) is 7.15. The van der Waals surface area contributed by atoms with Crippen LogP contribution in [0.2, 0.25) is 0 Å². The zero-order valence-electron chi connectivity index (χ0n) is 11.4. The van der Waals surface area contributed by atoms with Gasteiger partial charge in [0.25, 0.3) is 5.91 Å². The van der Waals surface area contributed by atoms with Gasteiger partial charge < -0.3 is 15.4 Å². The summed E-state index contributed by atoms with van der Waals surface area (Å²) >= 11 is 1.19. The molecule has 5 nitrogen and oxygen atoms in total. The van der Waals surface area contributed by atoms with Gasteiger partial charge in [-0.3, -0.25) is 9.59 Å². The van der Waals surface area contributed by atoms with Crippen LogP contribution >= 0.6 is 11.3 Å². The van der Waals surface area contributed by atoms with E-state index in [0.29, 0.717) is 28.1 Å². The number of halogens is 1. The molecule has 0 unspecified atom stereocenters. The zero-order valence-corrected chi connectivity index (χ0v) is 12.3. The van der Waals surface area contributed by atoms with Crippen molar-refractivity contribution in [3.63, 3.8) is 0 Å². The quantitative estimate of drug-likeness (QED) is 0.795. The molecule has 0 saturated heterocycles. The fourth-order valence-corrected chi connectivity index (χ4v) is 2.73. The molecule has 112 valence electrons. The number of carbonyl (C=O) groups excluding carboxylic acids is 2. The summed E-state index contributed by atoms with van der Waals surface area (Å²) in [5.74, 6) is -1.05. The number of hydrogen-bond acceptors (Lipinski definition) is 4. The van der Waals surface area contributed by atoms with Gasteiger partial charge in [-0.25, -0.2) is 4.39 Å². The van der Waals surface area contributed by atoms with Crippen molar-refractivity contribution < 1.29 is 18.7 Å². The topological polar surface area (TPSA) is 67.4 Å². The highest BCUT2D eigenvalue weighted by molar-refractivity contribution is 7.20. The van der Waals surface area contributed by atoms with Crippen molar-refractivity contribution in [3.05, 3.63) is 35.0 Å². The number of hydrogen-bond donors (Lipinski definition) is 2. The number of methoxy groups -OCH3 is 1. The molecule has 0 radical (unpaired) electrons. The second-order valence-corrected chi connectivity index (χ2v) is 5.37. The van der Waals surface area contributed by atoms with E-state index in [4.69, 9.17) is 4.74 Å². The van der Waals surface area contributed by atoms with Crippen LogP contribution in [0.3, 0.4) is 0 Å².